The normalized spacial score (nSPS) is 13.1. The van der Waals surface area contributed by atoms with Crippen LogP contribution in [0.4, 0.5) is 5.00 Å². The van der Waals surface area contributed by atoms with Crippen LogP contribution in [0.3, 0.4) is 0 Å². The second-order valence-corrected chi connectivity index (χ2v) is 9.31. The number of ether oxygens (including phenoxy) is 1. The summed E-state index contributed by atoms with van der Waals surface area (Å²) in [6.07, 6.45) is 3.68. The van der Waals surface area contributed by atoms with Gasteiger partial charge in [-0.2, -0.15) is 5.10 Å². The third-order valence-electron chi connectivity index (χ3n) is 5.65. The van der Waals surface area contributed by atoms with E-state index in [1.807, 2.05) is 6.92 Å². The number of hydrogen-bond acceptors (Lipinski definition) is 6. The number of aromatic nitrogens is 2. The molecule has 8 nitrogen and oxygen atoms in total. The number of benzene rings is 1. The molecule has 1 aliphatic rings. The first-order valence-electron chi connectivity index (χ1n) is 10.9. The zero-order valence-electron chi connectivity index (χ0n) is 18.5. The second-order valence-electron chi connectivity index (χ2n) is 7.77. The van der Waals surface area contributed by atoms with Gasteiger partial charge in [-0.3, -0.25) is 19.1 Å². The molecule has 0 saturated heterocycles. The van der Waals surface area contributed by atoms with Gasteiger partial charge >= 0.3 is 0 Å². The fourth-order valence-electron chi connectivity index (χ4n) is 4.06. The molecular weight excluding hydrogens is 464 g/mol. The highest BCUT2D eigenvalue weighted by Gasteiger charge is 2.27. The molecule has 0 saturated carbocycles. The molecule has 2 heterocycles. The number of carbonyl (C=O) groups is 2. The van der Waals surface area contributed by atoms with Gasteiger partial charge in [-0.25, -0.2) is 0 Å². The fourth-order valence-corrected chi connectivity index (χ4v) is 5.52. The summed E-state index contributed by atoms with van der Waals surface area (Å²) in [7, 11) is 1.57. The number of halogens is 1. The Hall–Kier alpha value is -2.75. The zero-order valence-corrected chi connectivity index (χ0v) is 20.1. The van der Waals surface area contributed by atoms with Crippen LogP contribution in [-0.2, 0) is 24.1 Å². The minimum atomic E-state index is -0.645. The second kappa shape index (κ2) is 10.0. The van der Waals surface area contributed by atoms with E-state index in [-0.39, 0.29) is 11.6 Å². The van der Waals surface area contributed by atoms with Crippen LogP contribution in [0.1, 0.15) is 51.1 Å². The van der Waals surface area contributed by atoms with Crippen molar-refractivity contribution in [1.82, 2.24) is 15.1 Å². The molecule has 0 radical (unpaired) electrons. The largest absolute Gasteiger partial charge is 0.383 e. The number of nitrogens with zero attached hydrogens (tertiary/aromatic N) is 2. The van der Waals surface area contributed by atoms with Gasteiger partial charge in [0.05, 0.1) is 23.1 Å². The van der Waals surface area contributed by atoms with E-state index in [0.717, 1.165) is 36.1 Å². The first-order valence-corrected chi connectivity index (χ1v) is 12.1. The first-order chi connectivity index (χ1) is 15.9. The maximum Gasteiger partial charge on any atom is 0.280 e. The summed E-state index contributed by atoms with van der Waals surface area (Å²) in [6.45, 7) is 3.10. The quantitative estimate of drug-likeness (QED) is 0.494. The lowest BCUT2D eigenvalue weighted by Crippen LogP contribution is -2.30. The standard InChI is InChI=1S/C23H25ClN4O4S/c1-3-28-16-9-8-13(24)12-15(16)20(29)19(27-28)22(31)26-23-18(21(30)25-10-11-32-2)14-6-4-5-7-17(14)33-23/h8-9,12H,3-7,10-11H2,1-2H3,(H,25,30)(H,26,31). The Balaban J connectivity index is 1.72. The van der Waals surface area contributed by atoms with Crippen molar-refractivity contribution >= 4 is 50.7 Å². The van der Waals surface area contributed by atoms with E-state index in [0.29, 0.717) is 46.2 Å². The molecule has 2 aromatic heterocycles. The van der Waals surface area contributed by atoms with E-state index in [9.17, 15) is 14.4 Å². The molecule has 1 aliphatic carbocycles. The molecule has 0 spiro atoms. The van der Waals surface area contributed by atoms with Gasteiger partial charge in [-0.15, -0.1) is 11.3 Å². The van der Waals surface area contributed by atoms with Crippen LogP contribution in [0.2, 0.25) is 5.02 Å². The minimum Gasteiger partial charge on any atom is -0.383 e. The summed E-state index contributed by atoms with van der Waals surface area (Å²) in [5.74, 6) is -0.903. The van der Waals surface area contributed by atoms with E-state index in [2.05, 4.69) is 15.7 Å². The number of thiophene rings is 1. The molecule has 1 aromatic carbocycles. The summed E-state index contributed by atoms with van der Waals surface area (Å²) in [6, 6.07) is 4.94. The van der Waals surface area contributed by atoms with E-state index in [1.54, 1.807) is 30.0 Å². The molecule has 33 heavy (non-hydrogen) atoms. The number of amides is 2. The summed E-state index contributed by atoms with van der Waals surface area (Å²) >= 11 is 7.49. The molecule has 0 aliphatic heterocycles. The number of carbonyl (C=O) groups excluding carboxylic acids is 2. The zero-order chi connectivity index (χ0) is 23.5. The van der Waals surface area contributed by atoms with Gasteiger partial charge in [-0.1, -0.05) is 11.6 Å². The van der Waals surface area contributed by atoms with Crippen molar-refractivity contribution in [3.8, 4) is 0 Å². The van der Waals surface area contributed by atoms with Crippen LogP contribution in [0.25, 0.3) is 10.9 Å². The maximum atomic E-state index is 13.2. The van der Waals surface area contributed by atoms with Crippen LogP contribution in [0.5, 0.6) is 0 Å². The molecule has 10 heteroatoms. The first kappa shape index (κ1) is 23.4. The van der Waals surface area contributed by atoms with Crippen molar-refractivity contribution in [2.45, 2.75) is 39.2 Å². The molecule has 0 fully saturated rings. The fraction of sp³-hybridized carbons (Fsp3) is 0.391. The van der Waals surface area contributed by atoms with Crippen molar-refractivity contribution < 1.29 is 14.3 Å². The molecule has 3 aromatic rings. The van der Waals surface area contributed by atoms with Gasteiger partial charge in [0, 0.05) is 30.1 Å². The maximum absolute atomic E-state index is 13.2. The van der Waals surface area contributed by atoms with Gasteiger partial charge < -0.3 is 15.4 Å². The Morgan fingerprint density at radius 3 is 2.79 bits per heavy atom. The Labute approximate surface area is 199 Å². The van der Waals surface area contributed by atoms with Gasteiger partial charge in [0.2, 0.25) is 5.43 Å². The highest BCUT2D eigenvalue weighted by molar-refractivity contribution is 7.17. The lowest BCUT2D eigenvalue weighted by Gasteiger charge is -2.13. The Kier molecular flexibility index (Phi) is 7.11. The van der Waals surface area contributed by atoms with Crippen molar-refractivity contribution in [3.05, 3.63) is 55.1 Å². The average molecular weight is 489 g/mol. The number of hydrogen-bond donors (Lipinski definition) is 2. The van der Waals surface area contributed by atoms with Crippen LogP contribution in [0, 0.1) is 0 Å². The Bertz CT molecular complexity index is 1280. The van der Waals surface area contributed by atoms with Crippen LogP contribution in [0.15, 0.2) is 23.0 Å². The molecule has 4 rings (SSSR count). The number of aryl methyl sites for hydroxylation is 2. The number of fused-ring (bicyclic) bond motifs is 2. The Morgan fingerprint density at radius 2 is 2.03 bits per heavy atom. The highest BCUT2D eigenvalue weighted by Crippen LogP contribution is 2.38. The average Bonchev–Trinajstić information content (AvgIpc) is 3.17. The number of nitrogens with one attached hydrogen (secondary N) is 2. The van der Waals surface area contributed by atoms with E-state index in [1.165, 1.54) is 11.3 Å². The van der Waals surface area contributed by atoms with Crippen LogP contribution >= 0.6 is 22.9 Å². The third-order valence-corrected chi connectivity index (χ3v) is 7.09. The number of rotatable bonds is 7. The highest BCUT2D eigenvalue weighted by atomic mass is 35.5. The summed E-state index contributed by atoms with van der Waals surface area (Å²) in [5.41, 5.74) is 1.32. The predicted octanol–water partition coefficient (Wildman–Crippen LogP) is 3.64. The van der Waals surface area contributed by atoms with Crippen LogP contribution in [-0.4, -0.2) is 41.9 Å². The monoisotopic (exact) mass is 488 g/mol. The summed E-state index contributed by atoms with van der Waals surface area (Å²) < 4.78 is 6.61. The van der Waals surface area contributed by atoms with Gasteiger partial charge in [0.25, 0.3) is 11.8 Å². The van der Waals surface area contributed by atoms with Crippen molar-refractivity contribution in [1.29, 1.82) is 0 Å². The summed E-state index contributed by atoms with van der Waals surface area (Å²) in [4.78, 5) is 40.4. The SMILES string of the molecule is CCn1nc(C(=O)Nc2sc3c(c2C(=O)NCCOC)CCCC3)c(=O)c2cc(Cl)ccc21. The molecule has 2 amide bonds. The third kappa shape index (κ3) is 4.66. The number of anilines is 1. The molecule has 174 valence electrons. The van der Waals surface area contributed by atoms with E-state index >= 15 is 0 Å². The summed E-state index contributed by atoms with van der Waals surface area (Å²) in [5, 5.41) is 11.1. The minimum absolute atomic E-state index is 0.233. The predicted molar refractivity (Wildman–Crippen MR) is 130 cm³/mol. The lowest BCUT2D eigenvalue weighted by molar-refractivity contribution is 0.0937. The van der Waals surface area contributed by atoms with Crippen LogP contribution < -0.4 is 16.1 Å². The lowest BCUT2D eigenvalue weighted by atomic mass is 9.95. The topological polar surface area (TPSA) is 102 Å². The molecule has 2 N–H and O–H groups in total. The van der Waals surface area contributed by atoms with Crippen molar-refractivity contribution in [2.75, 3.05) is 25.6 Å². The van der Waals surface area contributed by atoms with Gasteiger partial charge in [0.15, 0.2) is 5.69 Å². The van der Waals surface area contributed by atoms with Crippen molar-refractivity contribution in [2.24, 2.45) is 0 Å². The van der Waals surface area contributed by atoms with Crippen molar-refractivity contribution in [3.63, 3.8) is 0 Å². The smallest absolute Gasteiger partial charge is 0.280 e. The van der Waals surface area contributed by atoms with Gasteiger partial charge in [0.1, 0.15) is 5.00 Å². The van der Waals surface area contributed by atoms with E-state index < -0.39 is 11.3 Å². The molecular formula is C23H25ClN4O4S. The Morgan fingerprint density at radius 1 is 1.24 bits per heavy atom. The van der Waals surface area contributed by atoms with Gasteiger partial charge in [-0.05, 0) is 56.4 Å². The molecule has 0 unspecified atom stereocenters. The number of methoxy groups -OCH3 is 1. The molecule has 0 atom stereocenters. The molecule has 0 bridgehead atoms. The van der Waals surface area contributed by atoms with E-state index in [4.69, 9.17) is 16.3 Å².